The molecule has 3 nitrogen and oxygen atoms in total. The van der Waals surface area contributed by atoms with Crippen molar-refractivity contribution < 1.29 is 0 Å². The molecule has 3 heteroatoms. The minimum atomic E-state index is -0.00838. The van der Waals surface area contributed by atoms with Gasteiger partial charge in [0, 0.05) is 5.56 Å². The van der Waals surface area contributed by atoms with Crippen molar-refractivity contribution in [1.29, 1.82) is 0 Å². The first-order chi connectivity index (χ1) is 5.65. The number of H-pyrrole nitrogens is 1. The molecule has 0 fully saturated rings. The van der Waals surface area contributed by atoms with Gasteiger partial charge in [0.1, 0.15) is 5.82 Å². The van der Waals surface area contributed by atoms with Gasteiger partial charge in [0.25, 0.3) is 5.56 Å². The van der Waals surface area contributed by atoms with Crippen molar-refractivity contribution in [3.63, 3.8) is 0 Å². The minimum Gasteiger partial charge on any atom is -0.311 e. The maximum atomic E-state index is 11.2. The van der Waals surface area contributed by atoms with Gasteiger partial charge in [-0.25, -0.2) is 4.98 Å². The van der Waals surface area contributed by atoms with Crippen LogP contribution >= 0.6 is 0 Å². The Morgan fingerprint density at radius 1 is 1.42 bits per heavy atom. The molecule has 0 atom stereocenters. The zero-order chi connectivity index (χ0) is 9.14. The molecule has 0 aliphatic carbocycles. The van der Waals surface area contributed by atoms with Gasteiger partial charge in [-0.3, -0.25) is 4.79 Å². The van der Waals surface area contributed by atoms with E-state index in [0.29, 0.717) is 5.82 Å². The molecular formula is C9H14N2O. The van der Waals surface area contributed by atoms with E-state index in [4.69, 9.17) is 0 Å². The molecule has 0 spiro atoms. The molecule has 0 saturated carbocycles. The Morgan fingerprint density at radius 2 is 2.08 bits per heavy atom. The number of aromatic amines is 1. The molecule has 1 rings (SSSR count). The first kappa shape index (κ1) is 8.97. The van der Waals surface area contributed by atoms with Crippen LogP contribution in [0.15, 0.2) is 4.79 Å². The second-order valence-corrected chi connectivity index (χ2v) is 2.97. The maximum Gasteiger partial charge on any atom is 0.254 e. The van der Waals surface area contributed by atoms with Crippen molar-refractivity contribution in [2.24, 2.45) is 0 Å². The van der Waals surface area contributed by atoms with Crippen molar-refractivity contribution in [3.05, 3.63) is 27.4 Å². The summed E-state index contributed by atoms with van der Waals surface area (Å²) in [4.78, 5) is 18.2. The van der Waals surface area contributed by atoms with E-state index in [-0.39, 0.29) is 5.56 Å². The van der Waals surface area contributed by atoms with Crippen molar-refractivity contribution in [2.45, 2.75) is 33.6 Å². The van der Waals surface area contributed by atoms with Crippen molar-refractivity contribution in [3.8, 4) is 0 Å². The van der Waals surface area contributed by atoms with Gasteiger partial charge in [-0.05, 0) is 20.3 Å². The van der Waals surface area contributed by atoms with Crippen LogP contribution in [0.25, 0.3) is 0 Å². The van der Waals surface area contributed by atoms with Gasteiger partial charge in [0.2, 0.25) is 0 Å². The van der Waals surface area contributed by atoms with E-state index in [2.05, 4.69) is 16.9 Å². The average Bonchev–Trinajstić information content (AvgIpc) is 2.00. The molecule has 0 bridgehead atoms. The molecule has 0 saturated heterocycles. The Balaban J connectivity index is 3.18. The third-order valence-electron chi connectivity index (χ3n) is 1.86. The molecular weight excluding hydrogens is 152 g/mol. The Kier molecular flexibility index (Phi) is 2.63. The van der Waals surface area contributed by atoms with Crippen molar-refractivity contribution in [2.75, 3.05) is 0 Å². The van der Waals surface area contributed by atoms with E-state index in [1.54, 1.807) is 6.92 Å². The van der Waals surface area contributed by atoms with E-state index in [1.165, 1.54) is 0 Å². The van der Waals surface area contributed by atoms with Crippen LogP contribution in [0.5, 0.6) is 0 Å². The number of aromatic nitrogens is 2. The molecule has 0 aromatic carbocycles. The number of aryl methyl sites for hydroxylation is 2. The summed E-state index contributed by atoms with van der Waals surface area (Å²) in [6, 6.07) is 0. The van der Waals surface area contributed by atoms with Gasteiger partial charge >= 0.3 is 0 Å². The number of nitrogens with zero attached hydrogens (tertiary/aromatic N) is 1. The monoisotopic (exact) mass is 166 g/mol. The van der Waals surface area contributed by atoms with Crippen LogP contribution in [0.4, 0.5) is 0 Å². The molecule has 0 unspecified atom stereocenters. The van der Waals surface area contributed by atoms with Crippen LogP contribution in [0.3, 0.4) is 0 Å². The lowest BCUT2D eigenvalue weighted by Gasteiger charge is -2.02. The first-order valence-corrected chi connectivity index (χ1v) is 4.21. The van der Waals surface area contributed by atoms with Crippen molar-refractivity contribution in [1.82, 2.24) is 9.97 Å². The number of hydrogen-bond acceptors (Lipinski definition) is 2. The highest BCUT2D eigenvalue weighted by Crippen LogP contribution is 2.01. The first-order valence-electron chi connectivity index (χ1n) is 4.21. The number of hydrogen-bond donors (Lipinski definition) is 1. The summed E-state index contributed by atoms with van der Waals surface area (Å²) in [6.45, 7) is 5.70. The highest BCUT2D eigenvalue weighted by atomic mass is 16.1. The van der Waals surface area contributed by atoms with Crippen LogP contribution in [0.1, 0.15) is 30.4 Å². The fraction of sp³-hybridized carbons (Fsp3) is 0.556. The summed E-state index contributed by atoms with van der Waals surface area (Å²) in [7, 11) is 0. The van der Waals surface area contributed by atoms with Crippen LogP contribution in [0.2, 0.25) is 0 Å². The lowest BCUT2D eigenvalue weighted by Crippen LogP contribution is -2.16. The quantitative estimate of drug-likeness (QED) is 0.720. The number of rotatable bonds is 2. The van der Waals surface area contributed by atoms with Crippen LogP contribution < -0.4 is 5.56 Å². The Hall–Kier alpha value is -1.12. The minimum absolute atomic E-state index is 0.00838. The summed E-state index contributed by atoms with van der Waals surface area (Å²) < 4.78 is 0. The summed E-state index contributed by atoms with van der Waals surface area (Å²) in [5, 5.41) is 0. The largest absolute Gasteiger partial charge is 0.311 e. The predicted octanol–water partition coefficient (Wildman–Crippen LogP) is 1.34. The molecule has 1 N–H and O–H groups in total. The lowest BCUT2D eigenvalue weighted by atomic mass is 10.1. The SMILES string of the molecule is CCCc1nc(C)[nH]c(=O)c1C. The Labute approximate surface area is 71.9 Å². The van der Waals surface area contributed by atoms with Gasteiger partial charge in [-0.1, -0.05) is 13.3 Å². The third kappa shape index (κ3) is 1.72. The molecule has 1 aromatic rings. The molecule has 66 valence electrons. The normalized spacial score (nSPS) is 10.2. The second kappa shape index (κ2) is 3.52. The van der Waals surface area contributed by atoms with E-state index in [0.717, 1.165) is 24.1 Å². The summed E-state index contributed by atoms with van der Waals surface area (Å²) >= 11 is 0. The van der Waals surface area contributed by atoms with Gasteiger partial charge < -0.3 is 4.98 Å². The highest BCUT2D eigenvalue weighted by Gasteiger charge is 2.03. The van der Waals surface area contributed by atoms with E-state index < -0.39 is 0 Å². The summed E-state index contributed by atoms with van der Waals surface area (Å²) in [5.74, 6) is 0.703. The zero-order valence-electron chi connectivity index (χ0n) is 7.77. The van der Waals surface area contributed by atoms with Crippen LogP contribution in [0, 0.1) is 13.8 Å². The predicted molar refractivity (Wildman–Crippen MR) is 48.3 cm³/mol. The highest BCUT2D eigenvalue weighted by molar-refractivity contribution is 5.15. The van der Waals surface area contributed by atoms with Crippen molar-refractivity contribution >= 4 is 0 Å². The van der Waals surface area contributed by atoms with Gasteiger partial charge in [0.05, 0.1) is 5.69 Å². The third-order valence-corrected chi connectivity index (χ3v) is 1.86. The summed E-state index contributed by atoms with van der Waals surface area (Å²) in [5.41, 5.74) is 1.67. The Bertz CT molecular complexity index is 328. The topological polar surface area (TPSA) is 45.8 Å². The fourth-order valence-electron chi connectivity index (χ4n) is 1.18. The van der Waals surface area contributed by atoms with Crippen LogP contribution in [-0.2, 0) is 6.42 Å². The lowest BCUT2D eigenvalue weighted by molar-refractivity contribution is 0.832. The maximum absolute atomic E-state index is 11.2. The molecule has 0 radical (unpaired) electrons. The van der Waals surface area contributed by atoms with Crippen LogP contribution in [-0.4, -0.2) is 9.97 Å². The summed E-state index contributed by atoms with van der Waals surface area (Å²) in [6.07, 6.45) is 1.91. The molecule has 0 aliphatic rings. The molecule has 1 aromatic heterocycles. The molecule has 1 heterocycles. The fourth-order valence-corrected chi connectivity index (χ4v) is 1.18. The van der Waals surface area contributed by atoms with E-state index >= 15 is 0 Å². The number of nitrogens with one attached hydrogen (secondary N) is 1. The average molecular weight is 166 g/mol. The molecule has 0 amide bonds. The van der Waals surface area contributed by atoms with E-state index in [1.807, 2.05) is 6.92 Å². The molecule has 0 aliphatic heterocycles. The smallest absolute Gasteiger partial charge is 0.254 e. The standard InChI is InChI=1S/C9H14N2O/c1-4-5-8-6(2)9(12)11-7(3)10-8/h4-5H2,1-3H3,(H,10,11,12). The zero-order valence-corrected chi connectivity index (χ0v) is 7.77. The van der Waals surface area contributed by atoms with Gasteiger partial charge in [0.15, 0.2) is 0 Å². The second-order valence-electron chi connectivity index (χ2n) is 2.97. The Morgan fingerprint density at radius 3 is 2.67 bits per heavy atom. The van der Waals surface area contributed by atoms with Gasteiger partial charge in [-0.15, -0.1) is 0 Å². The van der Waals surface area contributed by atoms with E-state index in [9.17, 15) is 4.79 Å². The molecule has 12 heavy (non-hydrogen) atoms. The van der Waals surface area contributed by atoms with Gasteiger partial charge in [-0.2, -0.15) is 0 Å².